The van der Waals surface area contributed by atoms with Gasteiger partial charge >= 0.3 is 0 Å². The van der Waals surface area contributed by atoms with Gasteiger partial charge in [-0.05, 0) is 29.7 Å². The number of hydrogen-bond acceptors (Lipinski definition) is 4. The standard InChI is InChI=1S/C14H19NO4/c1-9(17)15-5-4-10-6-13(18-2)14(19-3)7-11(10)12(15)8-16/h6-7,12,16H,4-5,8H2,1-3H3. The Morgan fingerprint density at radius 3 is 2.53 bits per heavy atom. The predicted octanol–water partition coefficient (Wildman–Crippen LogP) is 1.14. The largest absolute Gasteiger partial charge is 0.493 e. The van der Waals surface area contributed by atoms with Crippen molar-refractivity contribution in [1.82, 2.24) is 4.90 Å². The van der Waals surface area contributed by atoms with Gasteiger partial charge in [0.25, 0.3) is 0 Å². The molecule has 1 aliphatic rings. The van der Waals surface area contributed by atoms with Gasteiger partial charge in [0.05, 0.1) is 26.9 Å². The topological polar surface area (TPSA) is 59.0 Å². The molecular weight excluding hydrogens is 246 g/mol. The van der Waals surface area contributed by atoms with Gasteiger partial charge in [-0.3, -0.25) is 4.79 Å². The van der Waals surface area contributed by atoms with E-state index >= 15 is 0 Å². The number of amides is 1. The summed E-state index contributed by atoms with van der Waals surface area (Å²) in [6.45, 7) is 2.04. The van der Waals surface area contributed by atoms with Crippen LogP contribution in [0.4, 0.5) is 0 Å². The average molecular weight is 265 g/mol. The van der Waals surface area contributed by atoms with Crippen LogP contribution in [0.25, 0.3) is 0 Å². The normalized spacial score (nSPS) is 17.9. The summed E-state index contributed by atoms with van der Waals surface area (Å²) in [6, 6.07) is 3.47. The maximum absolute atomic E-state index is 11.6. The molecule has 1 atom stereocenters. The highest BCUT2D eigenvalue weighted by atomic mass is 16.5. The number of carbonyl (C=O) groups excluding carboxylic acids is 1. The molecule has 1 amide bonds. The van der Waals surface area contributed by atoms with Gasteiger partial charge in [0.2, 0.25) is 5.91 Å². The first-order chi connectivity index (χ1) is 9.12. The lowest BCUT2D eigenvalue weighted by molar-refractivity contribution is -0.132. The van der Waals surface area contributed by atoms with E-state index in [2.05, 4.69) is 0 Å². The van der Waals surface area contributed by atoms with Crippen molar-refractivity contribution in [3.8, 4) is 11.5 Å². The van der Waals surface area contributed by atoms with Gasteiger partial charge in [-0.15, -0.1) is 0 Å². The van der Waals surface area contributed by atoms with Gasteiger partial charge in [0.15, 0.2) is 11.5 Å². The minimum absolute atomic E-state index is 0.0283. The number of rotatable bonds is 3. The molecule has 5 heteroatoms. The second kappa shape index (κ2) is 5.48. The molecule has 2 rings (SSSR count). The fourth-order valence-corrected chi connectivity index (χ4v) is 2.60. The first-order valence-electron chi connectivity index (χ1n) is 6.25. The molecule has 1 heterocycles. The number of methoxy groups -OCH3 is 2. The van der Waals surface area contributed by atoms with Crippen molar-refractivity contribution < 1.29 is 19.4 Å². The molecule has 1 unspecified atom stereocenters. The number of aliphatic hydroxyl groups is 1. The number of fused-ring (bicyclic) bond motifs is 1. The van der Waals surface area contributed by atoms with Crippen LogP contribution in [0.1, 0.15) is 24.1 Å². The zero-order valence-electron chi connectivity index (χ0n) is 11.5. The van der Waals surface area contributed by atoms with Crippen LogP contribution >= 0.6 is 0 Å². The maximum Gasteiger partial charge on any atom is 0.220 e. The molecule has 0 fully saturated rings. The fraction of sp³-hybridized carbons (Fsp3) is 0.500. The Balaban J connectivity index is 2.48. The van der Waals surface area contributed by atoms with Crippen LogP contribution in [0.2, 0.25) is 0 Å². The van der Waals surface area contributed by atoms with E-state index in [-0.39, 0.29) is 18.6 Å². The molecule has 0 saturated carbocycles. The van der Waals surface area contributed by atoms with E-state index < -0.39 is 0 Å². The zero-order chi connectivity index (χ0) is 14.0. The molecule has 0 spiro atoms. The van der Waals surface area contributed by atoms with Crippen LogP contribution in [-0.4, -0.2) is 43.3 Å². The SMILES string of the molecule is COc1cc2c(cc1OC)C(CO)N(C(C)=O)CC2. The zero-order valence-corrected chi connectivity index (χ0v) is 11.5. The van der Waals surface area contributed by atoms with Crippen LogP contribution in [0.15, 0.2) is 12.1 Å². The lowest BCUT2D eigenvalue weighted by Gasteiger charge is -2.36. The van der Waals surface area contributed by atoms with E-state index in [0.29, 0.717) is 18.0 Å². The second-order valence-corrected chi connectivity index (χ2v) is 4.57. The van der Waals surface area contributed by atoms with E-state index in [9.17, 15) is 9.90 Å². The second-order valence-electron chi connectivity index (χ2n) is 4.57. The molecule has 1 aliphatic heterocycles. The molecule has 1 aromatic rings. The summed E-state index contributed by atoms with van der Waals surface area (Å²) in [7, 11) is 3.17. The summed E-state index contributed by atoms with van der Waals surface area (Å²) in [6.07, 6.45) is 0.756. The molecular formula is C14H19NO4. The van der Waals surface area contributed by atoms with Crippen molar-refractivity contribution in [2.24, 2.45) is 0 Å². The minimum atomic E-state index is -0.305. The third kappa shape index (κ3) is 2.38. The van der Waals surface area contributed by atoms with E-state index in [1.807, 2.05) is 12.1 Å². The number of carbonyl (C=O) groups is 1. The Morgan fingerprint density at radius 2 is 2.00 bits per heavy atom. The van der Waals surface area contributed by atoms with Crippen LogP contribution in [0.5, 0.6) is 11.5 Å². The minimum Gasteiger partial charge on any atom is -0.493 e. The fourth-order valence-electron chi connectivity index (χ4n) is 2.60. The van der Waals surface area contributed by atoms with Gasteiger partial charge in [-0.2, -0.15) is 0 Å². The van der Waals surface area contributed by atoms with Crippen molar-refractivity contribution in [2.45, 2.75) is 19.4 Å². The summed E-state index contributed by atoms with van der Waals surface area (Å²) in [4.78, 5) is 13.3. The van der Waals surface area contributed by atoms with Crippen molar-refractivity contribution in [2.75, 3.05) is 27.4 Å². The molecule has 104 valence electrons. The number of benzene rings is 1. The number of aliphatic hydroxyl groups excluding tert-OH is 1. The first-order valence-corrected chi connectivity index (χ1v) is 6.25. The Hall–Kier alpha value is -1.75. The molecule has 19 heavy (non-hydrogen) atoms. The lowest BCUT2D eigenvalue weighted by Crippen LogP contribution is -2.40. The molecule has 1 N–H and O–H groups in total. The molecule has 0 radical (unpaired) electrons. The predicted molar refractivity (Wildman–Crippen MR) is 70.5 cm³/mol. The highest BCUT2D eigenvalue weighted by Gasteiger charge is 2.29. The molecule has 0 aliphatic carbocycles. The third-order valence-corrected chi connectivity index (χ3v) is 3.58. The number of hydrogen-bond donors (Lipinski definition) is 1. The van der Waals surface area contributed by atoms with Gasteiger partial charge < -0.3 is 19.5 Å². The van der Waals surface area contributed by atoms with Gasteiger partial charge in [0, 0.05) is 13.5 Å². The van der Waals surface area contributed by atoms with E-state index in [1.54, 1.807) is 19.1 Å². The van der Waals surface area contributed by atoms with Gasteiger partial charge in [-0.1, -0.05) is 0 Å². The lowest BCUT2D eigenvalue weighted by atomic mass is 9.92. The summed E-state index contributed by atoms with van der Waals surface area (Å²) in [5.74, 6) is 1.26. The smallest absolute Gasteiger partial charge is 0.220 e. The van der Waals surface area contributed by atoms with Gasteiger partial charge in [0.1, 0.15) is 0 Å². The summed E-state index contributed by atoms with van der Waals surface area (Å²) in [5, 5.41) is 9.58. The van der Waals surface area contributed by atoms with Gasteiger partial charge in [-0.25, -0.2) is 0 Å². The Kier molecular flexibility index (Phi) is 3.95. The monoisotopic (exact) mass is 265 g/mol. The first kappa shape index (κ1) is 13.7. The average Bonchev–Trinajstić information content (AvgIpc) is 2.43. The maximum atomic E-state index is 11.6. The number of nitrogens with zero attached hydrogens (tertiary/aromatic N) is 1. The molecule has 0 saturated heterocycles. The Labute approximate surface area is 112 Å². The Bertz CT molecular complexity index is 487. The van der Waals surface area contributed by atoms with Crippen molar-refractivity contribution in [3.05, 3.63) is 23.3 Å². The highest BCUT2D eigenvalue weighted by molar-refractivity contribution is 5.74. The molecule has 5 nitrogen and oxygen atoms in total. The van der Waals surface area contributed by atoms with Crippen LogP contribution < -0.4 is 9.47 Å². The summed E-state index contributed by atoms with van der Waals surface area (Å²) >= 11 is 0. The third-order valence-electron chi connectivity index (χ3n) is 3.58. The highest BCUT2D eigenvalue weighted by Crippen LogP contribution is 2.37. The van der Waals surface area contributed by atoms with Crippen LogP contribution in [0.3, 0.4) is 0 Å². The molecule has 0 bridgehead atoms. The quantitative estimate of drug-likeness (QED) is 0.890. The van der Waals surface area contributed by atoms with E-state index in [0.717, 1.165) is 17.5 Å². The molecule has 1 aromatic carbocycles. The van der Waals surface area contributed by atoms with Crippen LogP contribution in [0, 0.1) is 0 Å². The molecule has 0 aromatic heterocycles. The summed E-state index contributed by atoms with van der Waals surface area (Å²) < 4.78 is 10.6. The van der Waals surface area contributed by atoms with Crippen molar-refractivity contribution >= 4 is 5.91 Å². The summed E-state index contributed by atoms with van der Waals surface area (Å²) in [5.41, 5.74) is 2.02. The van der Waals surface area contributed by atoms with Crippen LogP contribution in [-0.2, 0) is 11.2 Å². The Morgan fingerprint density at radius 1 is 1.37 bits per heavy atom. The van der Waals surface area contributed by atoms with E-state index in [1.165, 1.54) is 6.92 Å². The number of ether oxygens (including phenoxy) is 2. The van der Waals surface area contributed by atoms with Crippen molar-refractivity contribution in [3.63, 3.8) is 0 Å². The van der Waals surface area contributed by atoms with Crippen molar-refractivity contribution in [1.29, 1.82) is 0 Å². The van der Waals surface area contributed by atoms with E-state index in [4.69, 9.17) is 9.47 Å².